The van der Waals surface area contributed by atoms with Gasteiger partial charge in [-0.15, -0.1) is 0 Å². The van der Waals surface area contributed by atoms with Crippen molar-refractivity contribution in [2.75, 3.05) is 26.2 Å². The summed E-state index contributed by atoms with van der Waals surface area (Å²) < 4.78 is 5.73. The predicted molar refractivity (Wildman–Crippen MR) is 114 cm³/mol. The Bertz CT molecular complexity index is 702. The van der Waals surface area contributed by atoms with Crippen LogP contribution >= 0.6 is 11.6 Å². The van der Waals surface area contributed by atoms with Crippen molar-refractivity contribution in [3.05, 3.63) is 28.8 Å². The molecule has 1 aromatic carbocycles. The number of amides is 1. The minimum atomic E-state index is -0.380. The first kappa shape index (κ1) is 21.0. The molecule has 0 radical (unpaired) electrons. The Hall–Kier alpha value is -1.30. The topological polar surface area (TPSA) is 70.6 Å². The molecule has 1 unspecified atom stereocenters. The quantitative estimate of drug-likeness (QED) is 0.533. The van der Waals surface area contributed by atoms with Gasteiger partial charge in [0, 0.05) is 19.6 Å². The SMILES string of the molecule is CC(O)CNCCOc1ccc(Cl)c(C(=O)NCC23CC4CC(CC(C4)C2)C3)c1. The number of nitrogens with one attached hydrogen (secondary N) is 2. The number of hydrogen-bond acceptors (Lipinski definition) is 4. The molecule has 0 spiro atoms. The average molecular weight is 421 g/mol. The Balaban J connectivity index is 1.31. The lowest BCUT2D eigenvalue weighted by Crippen LogP contribution is -2.51. The number of hydrogen-bond donors (Lipinski definition) is 3. The summed E-state index contributed by atoms with van der Waals surface area (Å²) in [6, 6.07) is 5.23. The van der Waals surface area contributed by atoms with Gasteiger partial charge in [0.15, 0.2) is 0 Å². The van der Waals surface area contributed by atoms with Crippen LogP contribution in [0.1, 0.15) is 55.8 Å². The van der Waals surface area contributed by atoms with E-state index < -0.39 is 0 Å². The third-order valence-electron chi connectivity index (χ3n) is 6.96. The Kier molecular flexibility index (Phi) is 6.38. The van der Waals surface area contributed by atoms with Gasteiger partial charge in [0.25, 0.3) is 5.91 Å². The Morgan fingerprint density at radius 3 is 2.52 bits per heavy atom. The van der Waals surface area contributed by atoms with Crippen LogP contribution in [0.25, 0.3) is 0 Å². The van der Waals surface area contributed by atoms with Crippen molar-refractivity contribution in [3.63, 3.8) is 0 Å². The van der Waals surface area contributed by atoms with Gasteiger partial charge in [0.05, 0.1) is 16.7 Å². The molecule has 1 atom stereocenters. The van der Waals surface area contributed by atoms with Crippen molar-refractivity contribution in [2.45, 2.75) is 51.6 Å². The van der Waals surface area contributed by atoms with Crippen LogP contribution in [0.15, 0.2) is 18.2 Å². The molecular formula is C23H33ClN2O3. The van der Waals surface area contributed by atoms with Gasteiger partial charge in [-0.3, -0.25) is 4.79 Å². The van der Waals surface area contributed by atoms with E-state index in [4.69, 9.17) is 16.3 Å². The molecule has 4 aliphatic rings. The molecule has 1 aromatic rings. The molecule has 4 aliphatic carbocycles. The zero-order chi connectivity index (χ0) is 20.4. The summed E-state index contributed by atoms with van der Waals surface area (Å²) in [5.74, 6) is 3.15. The van der Waals surface area contributed by atoms with Crippen molar-refractivity contribution in [2.24, 2.45) is 23.2 Å². The van der Waals surface area contributed by atoms with Gasteiger partial charge in [0.2, 0.25) is 0 Å². The second kappa shape index (κ2) is 8.83. The zero-order valence-corrected chi connectivity index (χ0v) is 18.0. The fraction of sp³-hybridized carbons (Fsp3) is 0.696. The Morgan fingerprint density at radius 1 is 1.24 bits per heavy atom. The lowest BCUT2D eigenvalue weighted by atomic mass is 9.49. The van der Waals surface area contributed by atoms with E-state index in [1.807, 2.05) is 0 Å². The summed E-state index contributed by atoms with van der Waals surface area (Å²) >= 11 is 6.31. The second-order valence-electron chi connectivity index (χ2n) is 9.64. The summed E-state index contributed by atoms with van der Waals surface area (Å²) in [5, 5.41) is 16.0. The number of halogens is 1. The van der Waals surface area contributed by atoms with Crippen LogP contribution < -0.4 is 15.4 Å². The van der Waals surface area contributed by atoms with E-state index in [0.29, 0.717) is 41.4 Å². The van der Waals surface area contributed by atoms with E-state index in [1.165, 1.54) is 38.5 Å². The van der Waals surface area contributed by atoms with Gasteiger partial charge in [0.1, 0.15) is 12.4 Å². The number of aliphatic hydroxyl groups is 1. The Labute approximate surface area is 178 Å². The summed E-state index contributed by atoms with van der Waals surface area (Å²) in [5.41, 5.74) is 0.784. The highest BCUT2D eigenvalue weighted by Gasteiger charge is 2.50. The smallest absolute Gasteiger partial charge is 0.252 e. The van der Waals surface area contributed by atoms with E-state index in [1.54, 1.807) is 25.1 Å². The summed E-state index contributed by atoms with van der Waals surface area (Å²) in [7, 11) is 0. The van der Waals surface area contributed by atoms with Gasteiger partial charge in [-0.25, -0.2) is 0 Å². The van der Waals surface area contributed by atoms with Crippen LogP contribution in [0.3, 0.4) is 0 Å². The maximum Gasteiger partial charge on any atom is 0.252 e. The van der Waals surface area contributed by atoms with Crippen LogP contribution in [0.2, 0.25) is 5.02 Å². The van der Waals surface area contributed by atoms with Crippen molar-refractivity contribution >= 4 is 17.5 Å². The maximum atomic E-state index is 12.9. The third-order valence-corrected chi connectivity index (χ3v) is 7.29. The highest BCUT2D eigenvalue weighted by atomic mass is 35.5. The molecule has 4 fully saturated rings. The van der Waals surface area contributed by atoms with E-state index in [2.05, 4.69) is 10.6 Å². The summed E-state index contributed by atoms with van der Waals surface area (Å²) in [6.45, 7) is 4.12. The first-order chi connectivity index (χ1) is 13.9. The normalized spacial score (nSPS) is 30.9. The van der Waals surface area contributed by atoms with Gasteiger partial charge in [-0.05, 0) is 86.8 Å². The minimum Gasteiger partial charge on any atom is -0.492 e. The lowest BCUT2D eigenvalue weighted by Gasteiger charge is -2.56. The molecule has 3 N–H and O–H groups in total. The fourth-order valence-corrected chi connectivity index (χ4v) is 6.39. The van der Waals surface area contributed by atoms with E-state index in [9.17, 15) is 9.90 Å². The molecule has 160 valence electrons. The standard InChI is InChI=1S/C23H33ClN2O3/c1-15(27)13-25-4-5-29-19-2-3-21(24)20(9-19)22(28)26-14-23-10-16-6-17(11-23)8-18(7-16)12-23/h2-3,9,15-18,25,27H,4-8,10-14H2,1H3,(H,26,28). The zero-order valence-electron chi connectivity index (χ0n) is 17.3. The summed E-state index contributed by atoms with van der Waals surface area (Å²) in [6.07, 6.45) is 7.66. The number of benzene rings is 1. The van der Waals surface area contributed by atoms with Crippen molar-refractivity contribution in [3.8, 4) is 5.75 Å². The summed E-state index contributed by atoms with van der Waals surface area (Å²) in [4.78, 5) is 12.9. The number of aliphatic hydroxyl groups excluding tert-OH is 1. The minimum absolute atomic E-state index is 0.108. The number of carbonyl (C=O) groups is 1. The first-order valence-electron chi connectivity index (χ1n) is 11.0. The molecule has 4 bridgehead atoms. The van der Waals surface area contributed by atoms with Gasteiger partial charge in [-0.2, -0.15) is 0 Å². The number of rotatable bonds is 9. The molecule has 0 aromatic heterocycles. The molecule has 29 heavy (non-hydrogen) atoms. The van der Waals surface area contributed by atoms with Gasteiger partial charge >= 0.3 is 0 Å². The molecule has 0 aliphatic heterocycles. The van der Waals surface area contributed by atoms with Crippen molar-refractivity contribution < 1.29 is 14.6 Å². The monoisotopic (exact) mass is 420 g/mol. The van der Waals surface area contributed by atoms with Crippen LogP contribution in [0.5, 0.6) is 5.75 Å². The van der Waals surface area contributed by atoms with E-state index >= 15 is 0 Å². The van der Waals surface area contributed by atoms with Crippen LogP contribution in [-0.4, -0.2) is 43.4 Å². The maximum absolute atomic E-state index is 12.9. The molecule has 4 saturated carbocycles. The predicted octanol–water partition coefficient (Wildman–Crippen LogP) is 3.64. The first-order valence-corrected chi connectivity index (χ1v) is 11.4. The van der Waals surface area contributed by atoms with Crippen molar-refractivity contribution in [1.29, 1.82) is 0 Å². The molecule has 0 saturated heterocycles. The van der Waals surface area contributed by atoms with Crippen molar-refractivity contribution in [1.82, 2.24) is 10.6 Å². The van der Waals surface area contributed by atoms with Crippen LogP contribution in [0.4, 0.5) is 0 Å². The third kappa shape index (κ3) is 5.07. The van der Waals surface area contributed by atoms with Crippen LogP contribution in [-0.2, 0) is 0 Å². The van der Waals surface area contributed by atoms with Crippen LogP contribution in [0, 0.1) is 23.2 Å². The molecule has 5 rings (SSSR count). The fourth-order valence-electron chi connectivity index (χ4n) is 6.19. The second-order valence-corrected chi connectivity index (χ2v) is 10.1. The molecule has 6 heteroatoms. The molecule has 1 amide bonds. The van der Waals surface area contributed by atoms with E-state index in [0.717, 1.165) is 24.3 Å². The highest BCUT2D eigenvalue weighted by molar-refractivity contribution is 6.33. The van der Waals surface area contributed by atoms with Gasteiger partial charge in [-0.1, -0.05) is 11.6 Å². The Morgan fingerprint density at radius 2 is 1.90 bits per heavy atom. The largest absolute Gasteiger partial charge is 0.492 e. The number of carbonyl (C=O) groups excluding carboxylic acids is 1. The lowest BCUT2D eigenvalue weighted by molar-refractivity contribution is -0.0503. The van der Waals surface area contributed by atoms with E-state index in [-0.39, 0.29) is 12.0 Å². The molecule has 0 heterocycles. The average Bonchev–Trinajstić information content (AvgIpc) is 2.66. The number of ether oxygens (including phenoxy) is 1. The molecule has 5 nitrogen and oxygen atoms in total. The highest BCUT2D eigenvalue weighted by Crippen LogP contribution is 2.59. The molecular weight excluding hydrogens is 388 g/mol. The van der Waals surface area contributed by atoms with Gasteiger partial charge < -0.3 is 20.5 Å².